The smallest absolute Gasteiger partial charge is 0.264 e. The van der Waals surface area contributed by atoms with Crippen molar-refractivity contribution in [1.29, 1.82) is 5.26 Å². The maximum atomic E-state index is 13.0. The lowest BCUT2D eigenvalue weighted by Crippen LogP contribution is -2.25. The molecule has 37 heavy (non-hydrogen) atoms. The first-order chi connectivity index (χ1) is 17.8. The molecule has 5 rings (SSSR count). The first-order valence-corrected chi connectivity index (χ1v) is 11.6. The van der Waals surface area contributed by atoms with Crippen LogP contribution < -0.4 is 15.6 Å². The largest absolute Gasteiger partial charge is 0.457 e. The number of hydrogen-bond acceptors (Lipinski definition) is 8. The monoisotopic (exact) mass is 492 g/mol. The van der Waals surface area contributed by atoms with Gasteiger partial charge < -0.3 is 10.1 Å². The van der Waals surface area contributed by atoms with Gasteiger partial charge in [0.15, 0.2) is 0 Å². The molecule has 1 aromatic carbocycles. The van der Waals surface area contributed by atoms with E-state index in [4.69, 9.17) is 4.74 Å². The van der Waals surface area contributed by atoms with E-state index in [0.717, 1.165) is 11.3 Å². The number of nitrogens with one attached hydrogen (secondary N) is 1. The summed E-state index contributed by atoms with van der Waals surface area (Å²) in [6.45, 7) is 3.94. The number of pyridine rings is 2. The summed E-state index contributed by atoms with van der Waals surface area (Å²) in [6.07, 6.45) is 6.77. The maximum absolute atomic E-state index is 13.0. The van der Waals surface area contributed by atoms with Crippen molar-refractivity contribution in [2.45, 2.75) is 19.9 Å². The second-order valence-electron chi connectivity index (χ2n) is 8.89. The van der Waals surface area contributed by atoms with Crippen LogP contribution in [0, 0.1) is 11.3 Å². The molecule has 0 radical (unpaired) electrons. The van der Waals surface area contributed by atoms with Crippen molar-refractivity contribution in [3.8, 4) is 40.1 Å². The van der Waals surface area contributed by atoms with E-state index in [0.29, 0.717) is 45.2 Å². The van der Waals surface area contributed by atoms with Gasteiger partial charge in [-0.25, -0.2) is 9.97 Å². The van der Waals surface area contributed by atoms with E-state index in [1.54, 1.807) is 54.5 Å². The highest BCUT2D eigenvalue weighted by atomic mass is 16.5. The third kappa shape index (κ3) is 4.75. The lowest BCUT2D eigenvalue weighted by molar-refractivity contribution is 0.483. The van der Waals surface area contributed by atoms with Crippen molar-refractivity contribution in [2.75, 3.05) is 5.32 Å². The van der Waals surface area contributed by atoms with Gasteiger partial charge in [-0.15, -0.1) is 0 Å². The topological polar surface area (TPSA) is 124 Å². The highest BCUT2D eigenvalue weighted by Gasteiger charge is 2.15. The Hall–Kier alpha value is -5.04. The minimum atomic E-state index is -0.254. The SMILES string of the molecule is CC(C)Nc1ncc(-c2cc(C#N)c3cc(Oc4ccnc(-c5cnn(C)c5)c4)ccc3n2)c(=O)n1C. The van der Waals surface area contributed by atoms with Crippen LogP contribution in [-0.4, -0.2) is 35.3 Å². The molecule has 4 heterocycles. The molecule has 0 aliphatic carbocycles. The van der Waals surface area contributed by atoms with Gasteiger partial charge in [0.2, 0.25) is 5.95 Å². The quantitative estimate of drug-likeness (QED) is 0.373. The van der Waals surface area contributed by atoms with Crippen LogP contribution in [0.2, 0.25) is 0 Å². The molecule has 0 aliphatic rings. The number of rotatable bonds is 6. The van der Waals surface area contributed by atoms with Crippen molar-refractivity contribution in [1.82, 2.24) is 29.3 Å². The summed E-state index contributed by atoms with van der Waals surface area (Å²) in [5, 5.41) is 17.8. The van der Waals surface area contributed by atoms with Crippen molar-refractivity contribution in [3.63, 3.8) is 0 Å². The molecular formula is C27H24N8O2. The van der Waals surface area contributed by atoms with Gasteiger partial charge >= 0.3 is 0 Å². The molecule has 0 saturated carbocycles. The van der Waals surface area contributed by atoms with Crippen molar-refractivity contribution in [2.24, 2.45) is 14.1 Å². The zero-order valence-electron chi connectivity index (χ0n) is 20.8. The van der Waals surface area contributed by atoms with E-state index in [-0.39, 0.29) is 11.6 Å². The first-order valence-electron chi connectivity index (χ1n) is 11.6. The fraction of sp³-hybridized carbons (Fsp3) is 0.185. The Kier molecular flexibility index (Phi) is 6.11. The van der Waals surface area contributed by atoms with Crippen molar-refractivity contribution < 1.29 is 4.74 Å². The van der Waals surface area contributed by atoms with E-state index in [9.17, 15) is 10.1 Å². The predicted molar refractivity (Wildman–Crippen MR) is 140 cm³/mol. The summed E-state index contributed by atoms with van der Waals surface area (Å²) < 4.78 is 9.23. The number of aromatic nitrogens is 6. The molecule has 5 aromatic rings. The molecular weight excluding hydrogens is 468 g/mol. The van der Waals surface area contributed by atoms with Gasteiger partial charge in [-0.05, 0) is 44.2 Å². The summed E-state index contributed by atoms with van der Waals surface area (Å²) in [4.78, 5) is 26.4. The van der Waals surface area contributed by atoms with Gasteiger partial charge in [-0.1, -0.05) is 0 Å². The lowest BCUT2D eigenvalue weighted by atomic mass is 10.1. The molecule has 0 atom stereocenters. The van der Waals surface area contributed by atoms with Crippen LogP contribution >= 0.6 is 0 Å². The zero-order chi connectivity index (χ0) is 26.1. The Bertz CT molecular complexity index is 1730. The Balaban J connectivity index is 1.49. The fourth-order valence-corrected chi connectivity index (χ4v) is 3.93. The van der Waals surface area contributed by atoms with Gasteiger partial charge in [0, 0.05) is 55.7 Å². The molecule has 0 unspecified atom stereocenters. The number of aryl methyl sites for hydroxylation is 1. The second-order valence-corrected chi connectivity index (χ2v) is 8.89. The summed E-state index contributed by atoms with van der Waals surface area (Å²) >= 11 is 0. The van der Waals surface area contributed by atoms with Crippen LogP contribution in [-0.2, 0) is 14.1 Å². The molecule has 10 heteroatoms. The van der Waals surface area contributed by atoms with Gasteiger partial charge in [0.25, 0.3) is 5.56 Å². The minimum Gasteiger partial charge on any atom is -0.457 e. The van der Waals surface area contributed by atoms with Crippen LogP contribution in [0.3, 0.4) is 0 Å². The summed E-state index contributed by atoms with van der Waals surface area (Å²) in [7, 11) is 3.50. The van der Waals surface area contributed by atoms with Crippen LogP contribution in [0.4, 0.5) is 5.95 Å². The van der Waals surface area contributed by atoms with Crippen LogP contribution in [0.1, 0.15) is 19.4 Å². The van der Waals surface area contributed by atoms with E-state index in [1.165, 1.54) is 10.8 Å². The Morgan fingerprint density at radius 3 is 2.57 bits per heavy atom. The number of fused-ring (bicyclic) bond motifs is 1. The number of nitrogens with zero attached hydrogens (tertiary/aromatic N) is 7. The molecule has 10 nitrogen and oxygen atoms in total. The average Bonchev–Trinajstić information content (AvgIpc) is 3.32. The fourth-order valence-electron chi connectivity index (χ4n) is 3.93. The molecule has 0 saturated heterocycles. The van der Waals surface area contributed by atoms with E-state index in [2.05, 4.69) is 31.4 Å². The van der Waals surface area contributed by atoms with E-state index < -0.39 is 0 Å². The Labute approximate surface area is 212 Å². The van der Waals surface area contributed by atoms with Crippen molar-refractivity contribution in [3.05, 3.63) is 77.1 Å². The molecule has 0 aliphatic heterocycles. The lowest BCUT2D eigenvalue weighted by Gasteiger charge is -2.14. The first kappa shape index (κ1) is 23.7. The number of benzene rings is 1. The van der Waals surface area contributed by atoms with Crippen molar-refractivity contribution >= 4 is 16.9 Å². The highest BCUT2D eigenvalue weighted by Crippen LogP contribution is 2.30. The third-order valence-corrected chi connectivity index (χ3v) is 5.73. The summed E-state index contributed by atoms with van der Waals surface area (Å²) in [5.74, 6) is 1.61. The molecule has 0 bridgehead atoms. The molecule has 0 spiro atoms. The number of hydrogen-bond donors (Lipinski definition) is 1. The molecule has 0 fully saturated rings. The van der Waals surface area contributed by atoms with E-state index in [1.807, 2.05) is 33.2 Å². The summed E-state index contributed by atoms with van der Waals surface area (Å²) in [6, 6.07) is 12.8. The van der Waals surface area contributed by atoms with Crippen LogP contribution in [0.25, 0.3) is 33.4 Å². The van der Waals surface area contributed by atoms with Gasteiger partial charge in [-0.2, -0.15) is 10.4 Å². The number of ether oxygens (including phenoxy) is 1. The third-order valence-electron chi connectivity index (χ3n) is 5.73. The molecule has 0 amide bonds. The molecule has 184 valence electrons. The van der Waals surface area contributed by atoms with Gasteiger partial charge in [-0.3, -0.25) is 19.0 Å². The Morgan fingerprint density at radius 1 is 1.03 bits per heavy atom. The highest BCUT2D eigenvalue weighted by molar-refractivity contribution is 5.88. The average molecular weight is 493 g/mol. The minimum absolute atomic E-state index is 0.124. The molecule has 1 N–H and O–H groups in total. The van der Waals surface area contributed by atoms with Gasteiger partial charge in [0.1, 0.15) is 11.5 Å². The standard InChI is InChI=1S/C27H24N8O2/c1-16(2)32-27-30-14-22(26(36)35(27)4)25-9-17(12-28)21-10-19(5-6-23(21)33-25)37-20-7-8-29-24(11-20)18-13-31-34(3)15-18/h5-11,13-16H,1-4H3,(H,30,32). The van der Waals surface area contributed by atoms with E-state index >= 15 is 0 Å². The second kappa shape index (κ2) is 9.54. The number of anilines is 1. The molecule has 4 aromatic heterocycles. The summed E-state index contributed by atoms with van der Waals surface area (Å²) in [5.41, 5.74) is 3.01. The normalized spacial score (nSPS) is 11.0. The number of nitriles is 1. The predicted octanol–water partition coefficient (Wildman–Crippen LogP) is 4.28. The Morgan fingerprint density at radius 2 is 1.84 bits per heavy atom. The van der Waals surface area contributed by atoms with Gasteiger partial charge in [0.05, 0.1) is 40.3 Å². The zero-order valence-corrected chi connectivity index (χ0v) is 20.8. The maximum Gasteiger partial charge on any atom is 0.264 e. The van der Waals surface area contributed by atoms with Crippen LogP contribution in [0.15, 0.2) is 66.0 Å². The van der Waals surface area contributed by atoms with Crippen LogP contribution in [0.5, 0.6) is 11.5 Å².